The summed E-state index contributed by atoms with van der Waals surface area (Å²) in [5.74, 6) is -2.36. The maximum Gasteiger partial charge on any atom is 0.334 e. The van der Waals surface area contributed by atoms with Crippen LogP contribution >= 0.6 is 0 Å². The van der Waals surface area contributed by atoms with Crippen LogP contribution in [0.25, 0.3) is 0 Å². The van der Waals surface area contributed by atoms with E-state index in [0.717, 1.165) is 36.8 Å². The van der Waals surface area contributed by atoms with Gasteiger partial charge in [0.2, 0.25) is 0 Å². The smallest absolute Gasteiger partial charge is 0.334 e. The molecule has 5 aliphatic rings. The first-order valence-corrected chi connectivity index (χ1v) is 18.6. The number of hydrogen-bond acceptors (Lipinski definition) is 9. The maximum atomic E-state index is 14.5. The largest absolute Gasteiger partial charge is 0.466 e. The van der Waals surface area contributed by atoms with Crippen molar-refractivity contribution in [2.75, 3.05) is 26.9 Å². The molecular weight excluding hydrogens is 636 g/mol. The third-order valence-electron chi connectivity index (χ3n) is 14.8. The summed E-state index contributed by atoms with van der Waals surface area (Å²) in [6.07, 6.45) is 8.39. The van der Waals surface area contributed by atoms with Crippen LogP contribution < -0.4 is 0 Å². The van der Waals surface area contributed by atoms with Crippen molar-refractivity contribution in [3.05, 3.63) is 47.6 Å². The Bertz CT molecular complexity index is 1440. The topological polar surface area (TPSA) is 151 Å². The number of aliphatic hydroxyl groups is 4. The Morgan fingerprint density at radius 2 is 1.44 bits per heavy atom. The van der Waals surface area contributed by atoms with Gasteiger partial charge in [-0.1, -0.05) is 58.1 Å². The van der Waals surface area contributed by atoms with Crippen LogP contribution in [0.4, 0.5) is 0 Å². The van der Waals surface area contributed by atoms with Crippen molar-refractivity contribution in [3.63, 3.8) is 0 Å². The fourth-order valence-corrected chi connectivity index (χ4v) is 11.5. The zero-order valence-corrected chi connectivity index (χ0v) is 30.8. The van der Waals surface area contributed by atoms with E-state index in [0.29, 0.717) is 44.1 Å². The molecule has 0 saturated heterocycles. The first-order chi connectivity index (χ1) is 23.5. The first kappa shape index (κ1) is 38.6. The van der Waals surface area contributed by atoms with Crippen LogP contribution in [-0.2, 0) is 23.9 Å². The second kappa shape index (κ2) is 14.4. The lowest BCUT2D eigenvalue weighted by Gasteiger charge is -2.60. The van der Waals surface area contributed by atoms with E-state index in [4.69, 9.17) is 9.47 Å². The van der Waals surface area contributed by atoms with Gasteiger partial charge in [-0.05, 0) is 105 Å². The summed E-state index contributed by atoms with van der Waals surface area (Å²) in [6, 6.07) is 0. The van der Waals surface area contributed by atoms with Gasteiger partial charge in [0.25, 0.3) is 0 Å². The summed E-state index contributed by atoms with van der Waals surface area (Å²) >= 11 is 0. The quantitative estimate of drug-likeness (QED) is 0.126. The van der Waals surface area contributed by atoms with E-state index in [1.54, 1.807) is 12.2 Å². The number of carbonyl (C=O) groups excluding carboxylic acids is 3. The molecule has 0 aromatic rings. The highest BCUT2D eigenvalue weighted by Gasteiger charge is 2.59. The fraction of sp³-hybridized carbons (Fsp3) is 0.732. The van der Waals surface area contributed by atoms with Crippen molar-refractivity contribution < 1.29 is 44.3 Å². The van der Waals surface area contributed by atoms with Crippen molar-refractivity contribution in [1.82, 2.24) is 0 Å². The lowest BCUT2D eigenvalue weighted by Crippen LogP contribution is -2.57. The molecule has 0 radical (unpaired) electrons. The van der Waals surface area contributed by atoms with Gasteiger partial charge in [-0.3, -0.25) is 4.79 Å². The van der Waals surface area contributed by atoms with Gasteiger partial charge in [-0.2, -0.15) is 0 Å². The summed E-state index contributed by atoms with van der Waals surface area (Å²) in [5.41, 5.74) is 0.638. The van der Waals surface area contributed by atoms with Crippen molar-refractivity contribution in [1.29, 1.82) is 0 Å². The monoisotopic (exact) mass is 696 g/mol. The third-order valence-corrected chi connectivity index (χ3v) is 14.8. The Labute approximate surface area is 297 Å². The highest BCUT2D eigenvalue weighted by Crippen LogP contribution is 2.63. The van der Waals surface area contributed by atoms with Crippen LogP contribution in [0.2, 0.25) is 0 Å². The predicted octanol–water partition coefficient (Wildman–Crippen LogP) is 5.41. The maximum absolute atomic E-state index is 14.5. The minimum atomic E-state index is -0.834. The fourth-order valence-electron chi connectivity index (χ4n) is 11.5. The molecule has 11 atom stereocenters. The SMILES string of the molecule is C=C1CCC2C(C)(CO)C(O)CCC2(C)C1CC=C(CC(=O)C(CC1C(=C)CCC2C(C)(CO)C(O)CCC12C)C1=CCOC1=O)C(=O)OC. The molecule has 4 fully saturated rings. The van der Waals surface area contributed by atoms with E-state index >= 15 is 0 Å². The van der Waals surface area contributed by atoms with Crippen LogP contribution in [0.3, 0.4) is 0 Å². The minimum absolute atomic E-state index is 0.00703. The number of Topliss-reactive ketones (excluding diaryl/α,β-unsaturated/α-hetero) is 1. The molecule has 9 heteroatoms. The molecule has 0 aromatic carbocycles. The molecule has 4 saturated carbocycles. The Balaban J connectivity index is 1.44. The number of rotatable bonds is 11. The van der Waals surface area contributed by atoms with E-state index in [1.165, 1.54) is 7.11 Å². The summed E-state index contributed by atoms with van der Waals surface area (Å²) < 4.78 is 10.5. The third kappa shape index (κ3) is 6.39. The van der Waals surface area contributed by atoms with Gasteiger partial charge in [0.15, 0.2) is 0 Å². The predicted molar refractivity (Wildman–Crippen MR) is 189 cm³/mol. The van der Waals surface area contributed by atoms with Gasteiger partial charge < -0.3 is 29.9 Å². The van der Waals surface area contributed by atoms with Gasteiger partial charge in [0, 0.05) is 28.4 Å². The second-order valence-corrected chi connectivity index (χ2v) is 17.2. The second-order valence-electron chi connectivity index (χ2n) is 17.2. The van der Waals surface area contributed by atoms with Gasteiger partial charge in [0.05, 0.1) is 38.4 Å². The number of aliphatic hydroxyl groups excluding tert-OH is 4. The van der Waals surface area contributed by atoms with Crippen LogP contribution in [0.1, 0.15) is 98.3 Å². The zero-order valence-electron chi connectivity index (χ0n) is 30.8. The summed E-state index contributed by atoms with van der Waals surface area (Å²) in [6.45, 7) is 17.0. The van der Waals surface area contributed by atoms with Gasteiger partial charge in [-0.25, -0.2) is 9.59 Å². The molecule has 5 rings (SSSR count). The van der Waals surface area contributed by atoms with Crippen molar-refractivity contribution in [3.8, 4) is 0 Å². The molecule has 4 N–H and O–H groups in total. The average molecular weight is 697 g/mol. The van der Waals surface area contributed by atoms with E-state index in [1.807, 2.05) is 13.8 Å². The highest BCUT2D eigenvalue weighted by atomic mass is 16.5. The number of ether oxygens (including phenoxy) is 2. The molecule has 0 amide bonds. The normalized spacial score (nSPS) is 41.1. The number of carbonyl (C=O) groups is 3. The number of hydrogen-bond donors (Lipinski definition) is 4. The van der Waals surface area contributed by atoms with E-state index < -0.39 is 40.9 Å². The number of fused-ring (bicyclic) bond motifs is 2. The molecule has 9 nitrogen and oxygen atoms in total. The summed E-state index contributed by atoms with van der Waals surface area (Å²) in [7, 11) is 1.30. The number of ketones is 1. The molecular formula is C41H60O9. The van der Waals surface area contributed by atoms with Crippen LogP contribution in [0.15, 0.2) is 47.6 Å². The van der Waals surface area contributed by atoms with Gasteiger partial charge >= 0.3 is 11.9 Å². The minimum Gasteiger partial charge on any atom is -0.466 e. The summed E-state index contributed by atoms with van der Waals surface area (Å²) in [5, 5.41) is 42.8. The van der Waals surface area contributed by atoms with Crippen molar-refractivity contribution >= 4 is 17.7 Å². The van der Waals surface area contributed by atoms with Crippen LogP contribution in [-0.4, -0.2) is 77.3 Å². The Morgan fingerprint density at radius 1 is 0.920 bits per heavy atom. The molecule has 4 aliphatic carbocycles. The van der Waals surface area contributed by atoms with Crippen LogP contribution in [0, 0.1) is 51.2 Å². The lowest BCUT2D eigenvalue weighted by molar-refractivity contribution is -0.154. The molecule has 50 heavy (non-hydrogen) atoms. The molecule has 0 aromatic heterocycles. The molecule has 0 spiro atoms. The van der Waals surface area contributed by atoms with Crippen LogP contribution in [0.5, 0.6) is 0 Å². The number of methoxy groups -OCH3 is 1. The molecule has 11 unspecified atom stereocenters. The van der Waals surface area contributed by atoms with E-state index in [2.05, 4.69) is 27.0 Å². The lowest BCUT2D eigenvalue weighted by atomic mass is 9.45. The Hall–Kier alpha value is -2.59. The highest BCUT2D eigenvalue weighted by molar-refractivity contribution is 6.02. The number of esters is 2. The molecule has 1 heterocycles. The first-order valence-electron chi connectivity index (χ1n) is 18.6. The number of cyclic esters (lactones) is 1. The molecule has 278 valence electrons. The Kier molecular flexibility index (Phi) is 11.2. The standard InChI is InChI=1S/C41H60O9/c1-24-8-12-32-38(3,17-14-34(45)40(32,5)22-42)29(24)11-10-26(36(47)49-7)20-31(44)28(27-16-19-50-37(27)48)21-30-25(2)9-13-33-39(30,4)18-15-35(46)41(33,6)23-43/h10,16,28-30,32-35,42-43,45-46H,1-2,8-9,11-15,17-23H2,3-7H3. The zero-order chi connectivity index (χ0) is 36.8. The summed E-state index contributed by atoms with van der Waals surface area (Å²) in [4.78, 5) is 40.8. The van der Waals surface area contributed by atoms with Gasteiger partial charge in [-0.15, -0.1) is 0 Å². The van der Waals surface area contributed by atoms with Crippen molar-refractivity contribution in [2.24, 2.45) is 51.2 Å². The number of allylic oxidation sites excluding steroid dienone is 3. The van der Waals surface area contributed by atoms with Gasteiger partial charge in [0.1, 0.15) is 12.4 Å². The molecule has 1 aliphatic heterocycles. The molecule has 0 bridgehead atoms. The average Bonchev–Trinajstić information content (AvgIpc) is 3.51. The van der Waals surface area contributed by atoms with Crippen molar-refractivity contribution in [2.45, 2.75) is 111 Å². The van der Waals surface area contributed by atoms with E-state index in [-0.39, 0.29) is 72.1 Å². The van der Waals surface area contributed by atoms with E-state index in [9.17, 15) is 34.8 Å². The Morgan fingerprint density at radius 3 is 1.92 bits per heavy atom.